The number of aromatic nitrogens is 1. The maximum atomic E-state index is 12.5. The standard InChI is InChI=1S/C22H23N3O/c1-15-7-4-5-10-18(15)14-24-22(26)20-13-19(11-12-23-20)25-21-16(2)8-6-9-17(21)3/h4-13H,14H2,1-3H3,(H,23,25)(H,24,26). The molecule has 0 bridgehead atoms. The molecule has 1 amide bonds. The van der Waals surface area contributed by atoms with Crippen LogP contribution in [0.25, 0.3) is 0 Å². The van der Waals surface area contributed by atoms with Gasteiger partial charge in [-0.1, -0.05) is 42.5 Å². The number of aryl methyl sites for hydroxylation is 3. The molecule has 0 atom stereocenters. The van der Waals surface area contributed by atoms with Crippen LogP contribution in [0.15, 0.2) is 60.8 Å². The molecule has 0 saturated carbocycles. The van der Waals surface area contributed by atoms with Gasteiger partial charge in [-0.25, -0.2) is 0 Å². The second kappa shape index (κ2) is 7.83. The first-order chi connectivity index (χ1) is 12.5. The molecule has 26 heavy (non-hydrogen) atoms. The number of rotatable bonds is 5. The Hall–Kier alpha value is -3.14. The van der Waals surface area contributed by atoms with Crippen molar-refractivity contribution in [2.24, 2.45) is 0 Å². The maximum Gasteiger partial charge on any atom is 0.270 e. The van der Waals surface area contributed by atoms with Gasteiger partial charge in [0.15, 0.2) is 0 Å². The largest absolute Gasteiger partial charge is 0.355 e. The smallest absolute Gasteiger partial charge is 0.270 e. The van der Waals surface area contributed by atoms with E-state index in [9.17, 15) is 4.79 Å². The lowest BCUT2D eigenvalue weighted by atomic mass is 10.1. The van der Waals surface area contributed by atoms with Gasteiger partial charge >= 0.3 is 0 Å². The van der Waals surface area contributed by atoms with Crippen molar-refractivity contribution < 1.29 is 4.79 Å². The summed E-state index contributed by atoms with van der Waals surface area (Å²) in [6.45, 7) is 6.65. The van der Waals surface area contributed by atoms with Crippen molar-refractivity contribution in [2.75, 3.05) is 5.32 Å². The van der Waals surface area contributed by atoms with Crippen molar-refractivity contribution in [2.45, 2.75) is 27.3 Å². The fourth-order valence-corrected chi connectivity index (χ4v) is 2.86. The van der Waals surface area contributed by atoms with Gasteiger partial charge in [-0.3, -0.25) is 9.78 Å². The maximum absolute atomic E-state index is 12.5. The highest BCUT2D eigenvalue weighted by atomic mass is 16.1. The van der Waals surface area contributed by atoms with E-state index in [2.05, 4.69) is 41.6 Å². The molecule has 3 aromatic rings. The van der Waals surface area contributed by atoms with Crippen LogP contribution < -0.4 is 10.6 Å². The van der Waals surface area contributed by atoms with Gasteiger partial charge in [0.05, 0.1) is 0 Å². The third-order valence-electron chi connectivity index (χ3n) is 4.44. The normalized spacial score (nSPS) is 10.4. The van der Waals surface area contributed by atoms with Crippen LogP contribution in [0.2, 0.25) is 0 Å². The third kappa shape index (κ3) is 4.09. The van der Waals surface area contributed by atoms with Crippen molar-refractivity contribution >= 4 is 17.3 Å². The number of para-hydroxylation sites is 1. The van der Waals surface area contributed by atoms with E-state index in [1.165, 1.54) is 0 Å². The summed E-state index contributed by atoms with van der Waals surface area (Å²) in [5.41, 5.74) is 6.88. The number of nitrogens with zero attached hydrogens (tertiary/aromatic N) is 1. The molecule has 4 nitrogen and oxygen atoms in total. The van der Waals surface area contributed by atoms with Gasteiger partial charge in [0.2, 0.25) is 0 Å². The minimum Gasteiger partial charge on any atom is -0.355 e. The minimum absolute atomic E-state index is 0.182. The van der Waals surface area contributed by atoms with Gasteiger partial charge in [-0.2, -0.15) is 0 Å². The molecule has 2 aromatic carbocycles. The van der Waals surface area contributed by atoms with Gasteiger partial charge in [0.25, 0.3) is 5.91 Å². The molecule has 0 radical (unpaired) electrons. The average Bonchev–Trinajstić information content (AvgIpc) is 2.64. The highest BCUT2D eigenvalue weighted by molar-refractivity contribution is 5.93. The topological polar surface area (TPSA) is 54.0 Å². The number of carbonyl (C=O) groups excluding carboxylic acids is 1. The van der Waals surface area contributed by atoms with Crippen LogP contribution in [0.3, 0.4) is 0 Å². The molecule has 0 fully saturated rings. The molecule has 0 aliphatic rings. The minimum atomic E-state index is -0.182. The lowest BCUT2D eigenvalue weighted by molar-refractivity contribution is 0.0946. The van der Waals surface area contributed by atoms with E-state index in [4.69, 9.17) is 0 Å². The highest BCUT2D eigenvalue weighted by Gasteiger charge is 2.10. The summed E-state index contributed by atoms with van der Waals surface area (Å²) in [7, 11) is 0. The van der Waals surface area contributed by atoms with Crippen molar-refractivity contribution in [3.8, 4) is 0 Å². The molecular weight excluding hydrogens is 322 g/mol. The Morgan fingerprint density at radius 3 is 2.35 bits per heavy atom. The van der Waals surface area contributed by atoms with Crippen LogP contribution in [0.4, 0.5) is 11.4 Å². The zero-order valence-electron chi connectivity index (χ0n) is 15.3. The number of anilines is 2. The summed E-state index contributed by atoms with van der Waals surface area (Å²) < 4.78 is 0. The number of carbonyl (C=O) groups is 1. The molecule has 4 heteroatoms. The molecule has 1 aromatic heterocycles. The Kier molecular flexibility index (Phi) is 5.32. The van der Waals surface area contributed by atoms with Gasteiger partial charge in [0.1, 0.15) is 5.69 Å². The molecular formula is C22H23N3O. The van der Waals surface area contributed by atoms with E-state index in [0.717, 1.165) is 33.6 Å². The Morgan fingerprint density at radius 1 is 0.923 bits per heavy atom. The monoisotopic (exact) mass is 345 g/mol. The average molecular weight is 345 g/mol. The number of amides is 1. The van der Waals surface area contributed by atoms with Gasteiger partial charge in [0, 0.05) is 24.1 Å². The fourth-order valence-electron chi connectivity index (χ4n) is 2.86. The van der Waals surface area contributed by atoms with E-state index in [0.29, 0.717) is 12.2 Å². The van der Waals surface area contributed by atoms with Crippen molar-refractivity contribution in [1.82, 2.24) is 10.3 Å². The first-order valence-corrected chi connectivity index (χ1v) is 8.66. The molecule has 0 aliphatic carbocycles. The summed E-state index contributed by atoms with van der Waals surface area (Å²) in [5, 5.41) is 6.34. The Morgan fingerprint density at radius 2 is 1.62 bits per heavy atom. The van der Waals surface area contributed by atoms with Crippen LogP contribution in [-0.4, -0.2) is 10.9 Å². The zero-order chi connectivity index (χ0) is 18.5. The first kappa shape index (κ1) is 17.7. The predicted molar refractivity (Wildman–Crippen MR) is 106 cm³/mol. The van der Waals surface area contributed by atoms with Gasteiger partial charge in [-0.05, 0) is 55.2 Å². The Bertz CT molecular complexity index is 914. The van der Waals surface area contributed by atoms with Crippen LogP contribution in [0.5, 0.6) is 0 Å². The number of nitrogens with one attached hydrogen (secondary N) is 2. The summed E-state index contributed by atoms with van der Waals surface area (Å²) >= 11 is 0. The quantitative estimate of drug-likeness (QED) is 0.706. The lowest BCUT2D eigenvalue weighted by Gasteiger charge is -2.13. The molecule has 0 aliphatic heterocycles. The predicted octanol–water partition coefficient (Wildman–Crippen LogP) is 4.68. The second-order valence-corrected chi connectivity index (χ2v) is 6.43. The fraction of sp³-hybridized carbons (Fsp3) is 0.182. The van der Waals surface area contributed by atoms with Crippen LogP contribution >= 0.6 is 0 Å². The number of hydrogen-bond acceptors (Lipinski definition) is 3. The number of hydrogen-bond donors (Lipinski definition) is 2. The van der Waals surface area contributed by atoms with E-state index in [1.54, 1.807) is 12.3 Å². The third-order valence-corrected chi connectivity index (χ3v) is 4.44. The SMILES string of the molecule is Cc1ccccc1CNC(=O)c1cc(Nc2c(C)cccc2C)ccn1. The molecule has 3 rings (SSSR count). The Labute approximate surface area is 154 Å². The van der Waals surface area contributed by atoms with E-state index >= 15 is 0 Å². The number of benzene rings is 2. The second-order valence-electron chi connectivity index (χ2n) is 6.43. The summed E-state index contributed by atoms with van der Waals surface area (Å²) in [6, 6.07) is 17.8. The summed E-state index contributed by atoms with van der Waals surface area (Å²) in [6.07, 6.45) is 1.65. The lowest BCUT2D eigenvalue weighted by Crippen LogP contribution is -2.24. The first-order valence-electron chi connectivity index (χ1n) is 8.66. The van der Waals surface area contributed by atoms with Crippen molar-refractivity contribution in [3.63, 3.8) is 0 Å². The molecule has 0 saturated heterocycles. The molecule has 1 heterocycles. The van der Waals surface area contributed by atoms with Gasteiger partial charge < -0.3 is 10.6 Å². The van der Waals surface area contributed by atoms with Crippen LogP contribution in [-0.2, 0) is 6.54 Å². The van der Waals surface area contributed by atoms with Crippen molar-refractivity contribution in [3.05, 3.63) is 88.7 Å². The van der Waals surface area contributed by atoms with Crippen LogP contribution in [0, 0.1) is 20.8 Å². The molecule has 132 valence electrons. The van der Waals surface area contributed by atoms with Gasteiger partial charge in [-0.15, -0.1) is 0 Å². The Balaban J connectivity index is 1.72. The molecule has 2 N–H and O–H groups in total. The highest BCUT2D eigenvalue weighted by Crippen LogP contribution is 2.24. The summed E-state index contributed by atoms with van der Waals surface area (Å²) in [4.78, 5) is 16.7. The van der Waals surface area contributed by atoms with Crippen molar-refractivity contribution in [1.29, 1.82) is 0 Å². The molecule has 0 spiro atoms. The van der Waals surface area contributed by atoms with Crippen LogP contribution in [0.1, 0.15) is 32.7 Å². The van der Waals surface area contributed by atoms with E-state index < -0.39 is 0 Å². The molecule has 0 unspecified atom stereocenters. The zero-order valence-corrected chi connectivity index (χ0v) is 15.3. The van der Waals surface area contributed by atoms with E-state index in [1.807, 2.05) is 43.3 Å². The van der Waals surface area contributed by atoms with E-state index in [-0.39, 0.29) is 5.91 Å². The number of pyridine rings is 1. The summed E-state index contributed by atoms with van der Waals surface area (Å²) in [5.74, 6) is -0.182.